The Balaban J connectivity index is 2.61. The Hall–Kier alpha value is -0.860. The van der Waals surface area contributed by atoms with Crippen LogP contribution in [0.5, 0.6) is 0 Å². The van der Waals surface area contributed by atoms with Crippen LogP contribution in [0.15, 0.2) is 30.3 Å². The van der Waals surface area contributed by atoms with E-state index in [1.807, 2.05) is 30.3 Å². The van der Waals surface area contributed by atoms with E-state index < -0.39 is 6.10 Å². The molecule has 0 fully saturated rings. The Labute approximate surface area is 66.4 Å². The predicted molar refractivity (Wildman–Crippen MR) is 43.3 cm³/mol. The third kappa shape index (κ3) is 2.33. The zero-order chi connectivity index (χ0) is 8.10. The summed E-state index contributed by atoms with van der Waals surface area (Å²) >= 11 is 0. The molecule has 0 saturated carbocycles. The standard InChI is InChI=1S/C9H12O2/c1-11-7-9(10)8-5-3-2-4-6-8/h2-6,9-10H,7H2,1H3/t9-/m1/s1. The lowest BCUT2D eigenvalue weighted by atomic mass is 10.1. The van der Waals surface area contributed by atoms with Crippen molar-refractivity contribution in [3.8, 4) is 0 Å². The molecule has 0 saturated heterocycles. The predicted octanol–water partition coefficient (Wildman–Crippen LogP) is 1.37. The molecule has 1 atom stereocenters. The quantitative estimate of drug-likeness (QED) is 0.708. The highest BCUT2D eigenvalue weighted by atomic mass is 16.5. The van der Waals surface area contributed by atoms with Crippen LogP contribution in [-0.4, -0.2) is 18.8 Å². The molecule has 0 radical (unpaired) electrons. The first-order chi connectivity index (χ1) is 5.34. The Morgan fingerprint density at radius 2 is 2.00 bits per heavy atom. The number of benzene rings is 1. The van der Waals surface area contributed by atoms with Crippen molar-refractivity contribution in [2.45, 2.75) is 6.10 Å². The van der Waals surface area contributed by atoms with Gasteiger partial charge in [0.05, 0.1) is 6.61 Å². The van der Waals surface area contributed by atoms with E-state index in [-0.39, 0.29) is 0 Å². The van der Waals surface area contributed by atoms with Crippen LogP contribution < -0.4 is 0 Å². The third-order valence-corrected chi connectivity index (χ3v) is 1.51. The summed E-state index contributed by atoms with van der Waals surface area (Å²) in [5.41, 5.74) is 0.898. The Morgan fingerprint density at radius 3 is 2.55 bits per heavy atom. The molecule has 0 heterocycles. The largest absolute Gasteiger partial charge is 0.386 e. The van der Waals surface area contributed by atoms with Crippen LogP contribution in [0.2, 0.25) is 0 Å². The molecule has 0 amide bonds. The molecule has 0 spiro atoms. The summed E-state index contributed by atoms with van der Waals surface area (Å²) in [6, 6.07) is 9.47. The number of hydrogen-bond donors (Lipinski definition) is 1. The van der Waals surface area contributed by atoms with Crippen molar-refractivity contribution in [3.05, 3.63) is 35.9 Å². The Bertz CT molecular complexity index is 196. The van der Waals surface area contributed by atoms with Crippen molar-refractivity contribution >= 4 is 0 Å². The molecule has 0 aliphatic rings. The van der Waals surface area contributed by atoms with Gasteiger partial charge in [0, 0.05) is 7.11 Å². The van der Waals surface area contributed by atoms with Gasteiger partial charge < -0.3 is 9.84 Å². The monoisotopic (exact) mass is 152 g/mol. The number of aliphatic hydroxyl groups excluding tert-OH is 1. The number of ether oxygens (including phenoxy) is 1. The van der Waals surface area contributed by atoms with Gasteiger partial charge in [-0.3, -0.25) is 0 Å². The second kappa shape index (κ2) is 4.11. The average Bonchev–Trinajstić information content (AvgIpc) is 2.07. The summed E-state index contributed by atoms with van der Waals surface area (Å²) in [4.78, 5) is 0. The fourth-order valence-electron chi connectivity index (χ4n) is 0.929. The summed E-state index contributed by atoms with van der Waals surface area (Å²) in [6.45, 7) is 0.351. The molecule has 0 bridgehead atoms. The average molecular weight is 152 g/mol. The summed E-state index contributed by atoms with van der Waals surface area (Å²) in [5, 5.41) is 9.40. The smallest absolute Gasteiger partial charge is 0.102 e. The lowest BCUT2D eigenvalue weighted by Gasteiger charge is -2.08. The summed E-state index contributed by atoms with van der Waals surface area (Å²) < 4.78 is 4.81. The molecule has 1 aromatic carbocycles. The zero-order valence-electron chi connectivity index (χ0n) is 6.53. The highest BCUT2D eigenvalue weighted by molar-refractivity contribution is 5.17. The van der Waals surface area contributed by atoms with Gasteiger partial charge in [0.15, 0.2) is 0 Å². The van der Waals surface area contributed by atoms with Crippen LogP contribution in [0.4, 0.5) is 0 Å². The SMILES string of the molecule is COC[C@@H](O)c1ccccc1. The van der Waals surface area contributed by atoms with Gasteiger partial charge in [-0.15, -0.1) is 0 Å². The molecule has 2 nitrogen and oxygen atoms in total. The van der Waals surface area contributed by atoms with Crippen LogP contribution in [-0.2, 0) is 4.74 Å². The highest BCUT2D eigenvalue weighted by Gasteiger charge is 2.03. The molecule has 2 heteroatoms. The van der Waals surface area contributed by atoms with Gasteiger partial charge >= 0.3 is 0 Å². The first-order valence-corrected chi connectivity index (χ1v) is 3.56. The third-order valence-electron chi connectivity index (χ3n) is 1.51. The fraction of sp³-hybridized carbons (Fsp3) is 0.333. The topological polar surface area (TPSA) is 29.5 Å². The van der Waals surface area contributed by atoms with E-state index in [0.29, 0.717) is 6.61 Å². The molecular formula is C9H12O2. The normalized spacial score (nSPS) is 12.9. The van der Waals surface area contributed by atoms with Gasteiger partial charge in [-0.05, 0) is 5.56 Å². The first kappa shape index (κ1) is 8.24. The number of hydrogen-bond acceptors (Lipinski definition) is 2. The second-order valence-corrected chi connectivity index (χ2v) is 2.38. The summed E-state index contributed by atoms with van der Waals surface area (Å²) in [5.74, 6) is 0. The lowest BCUT2D eigenvalue weighted by molar-refractivity contribution is 0.0644. The van der Waals surface area contributed by atoms with E-state index in [4.69, 9.17) is 4.74 Å². The minimum Gasteiger partial charge on any atom is -0.386 e. The maximum absolute atomic E-state index is 9.40. The van der Waals surface area contributed by atoms with Crippen molar-refractivity contribution in [2.75, 3.05) is 13.7 Å². The van der Waals surface area contributed by atoms with E-state index in [1.54, 1.807) is 7.11 Å². The molecule has 0 aliphatic heterocycles. The molecule has 60 valence electrons. The van der Waals surface area contributed by atoms with Crippen LogP contribution >= 0.6 is 0 Å². The number of aliphatic hydroxyl groups is 1. The fourth-order valence-corrected chi connectivity index (χ4v) is 0.929. The second-order valence-electron chi connectivity index (χ2n) is 2.38. The first-order valence-electron chi connectivity index (χ1n) is 3.56. The van der Waals surface area contributed by atoms with Gasteiger partial charge in [-0.2, -0.15) is 0 Å². The zero-order valence-corrected chi connectivity index (χ0v) is 6.53. The minimum absolute atomic E-state index is 0.351. The van der Waals surface area contributed by atoms with Gasteiger partial charge in [0.2, 0.25) is 0 Å². The molecule has 0 aromatic heterocycles. The van der Waals surface area contributed by atoms with Crippen LogP contribution in [0.25, 0.3) is 0 Å². The van der Waals surface area contributed by atoms with Crippen LogP contribution in [0.1, 0.15) is 11.7 Å². The van der Waals surface area contributed by atoms with Gasteiger partial charge in [0.25, 0.3) is 0 Å². The van der Waals surface area contributed by atoms with Gasteiger partial charge in [-0.1, -0.05) is 30.3 Å². The maximum atomic E-state index is 9.40. The van der Waals surface area contributed by atoms with Crippen molar-refractivity contribution in [3.63, 3.8) is 0 Å². The van der Waals surface area contributed by atoms with Gasteiger partial charge in [-0.25, -0.2) is 0 Å². The van der Waals surface area contributed by atoms with E-state index in [2.05, 4.69) is 0 Å². The maximum Gasteiger partial charge on any atom is 0.102 e. The van der Waals surface area contributed by atoms with E-state index >= 15 is 0 Å². The van der Waals surface area contributed by atoms with E-state index in [0.717, 1.165) is 5.56 Å². The Morgan fingerprint density at radius 1 is 1.36 bits per heavy atom. The highest BCUT2D eigenvalue weighted by Crippen LogP contribution is 2.11. The molecule has 11 heavy (non-hydrogen) atoms. The molecule has 0 unspecified atom stereocenters. The molecule has 1 N–H and O–H groups in total. The van der Waals surface area contributed by atoms with E-state index in [9.17, 15) is 5.11 Å². The van der Waals surface area contributed by atoms with Crippen LogP contribution in [0, 0.1) is 0 Å². The number of methoxy groups -OCH3 is 1. The van der Waals surface area contributed by atoms with Crippen molar-refractivity contribution in [1.29, 1.82) is 0 Å². The summed E-state index contributed by atoms with van der Waals surface area (Å²) in [7, 11) is 1.58. The lowest BCUT2D eigenvalue weighted by Crippen LogP contribution is -2.04. The van der Waals surface area contributed by atoms with E-state index in [1.165, 1.54) is 0 Å². The van der Waals surface area contributed by atoms with Crippen molar-refractivity contribution in [1.82, 2.24) is 0 Å². The van der Waals surface area contributed by atoms with Crippen molar-refractivity contribution in [2.24, 2.45) is 0 Å². The molecular weight excluding hydrogens is 140 g/mol. The molecule has 1 rings (SSSR count). The van der Waals surface area contributed by atoms with Crippen molar-refractivity contribution < 1.29 is 9.84 Å². The minimum atomic E-state index is -0.499. The van der Waals surface area contributed by atoms with Crippen LogP contribution in [0.3, 0.4) is 0 Å². The molecule has 1 aromatic rings. The van der Waals surface area contributed by atoms with Gasteiger partial charge in [0.1, 0.15) is 6.10 Å². The Kier molecular flexibility index (Phi) is 3.08. The number of rotatable bonds is 3. The molecule has 0 aliphatic carbocycles. The summed E-state index contributed by atoms with van der Waals surface area (Å²) in [6.07, 6.45) is -0.499.